The monoisotopic (exact) mass is 368 g/mol. The summed E-state index contributed by atoms with van der Waals surface area (Å²) in [5.74, 6) is -0.746. The summed E-state index contributed by atoms with van der Waals surface area (Å²) in [6, 6.07) is 8.19. The van der Waals surface area contributed by atoms with E-state index in [2.05, 4.69) is 28.4 Å². The third kappa shape index (κ3) is 1.33. The Balaban J connectivity index is 1.73. The Kier molecular flexibility index (Phi) is 2.72. The number of nitrogens with zero attached hydrogens (tertiary/aromatic N) is 1. The molecule has 3 N–H and O–H groups in total. The molecule has 7 rings (SSSR count). The van der Waals surface area contributed by atoms with Crippen LogP contribution in [0.15, 0.2) is 36.4 Å². The van der Waals surface area contributed by atoms with Crippen LogP contribution in [-0.4, -0.2) is 64.6 Å². The van der Waals surface area contributed by atoms with Crippen molar-refractivity contribution in [3.8, 4) is 0 Å². The summed E-state index contributed by atoms with van der Waals surface area (Å²) in [7, 11) is 1.29. The number of hydrogen-bond acceptors (Lipinski definition) is 6. The first-order valence-corrected chi connectivity index (χ1v) is 9.76. The molecule has 0 aromatic heterocycles. The molecule has 4 fully saturated rings. The van der Waals surface area contributed by atoms with E-state index in [1.807, 2.05) is 18.2 Å². The maximum Gasteiger partial charge on any atom is 0.343 e. The Hall–Kier alpha value is -1.89. The standard InChI is InChI=1S/C21H24N2O4/c1-27-17(25)21(26)16(24)18-7-4-11-23-12-10-19(15(18)23)13-5-2-3-6-14(13)22-20(19,21)9-8-18/h2-7,15-16,22,24,26H,8-12H2,1H3/t15-,16+,18+,19+,20-,21+/m0/s1. The van der Waals surface area contributed by atoms with E-state index in [9.17, 15) is 15.0 Å². The zero-order chi connectivity index (χ0) is 18.7. The van der Waals surface area contributed by atoms with Gasteiger partial charge in [-0.05, 0) is 37.4 Å². The fourth-order valence-electron chi connectivity index (χ4n) is 7.65. The molecule has 27 heavy (non-hydrogen) atoms. The maximum atomic E-state index is 13.0. The highest BCUT2D eigenvalue weighted by Gasteiger charge is 2.87. The number of aliphatic hydroxyl groups excluding tert-OH is 1. The molecule has 6 aliphatic rings. The molecule has 3 spiro atoms. The van der Waals surface area contributed by atoms with E-state index >= 15 is 0 Å². The van der Waals surface area contributed by atoms with Gasteiger partial charge in [-0.15, -0.1) is 0 Å². The van der Waals surface area contributed by atoms with Gasteiger partial charge < -0.3 is 20.3 Å². The molecule has 3 aliphatic carbocycles. The van der Waals surface area contributed by atoms with E-state index in [4.69, 9.17) is 4.74 Å². The number of benzene rings is 1. The van der Waals surface area contributed by atoms with Gasteiger partial charge in [0.15, 0.2) is 0 Å². The third-order valence-corrected chi connectivity index (χ3v) is 8.40. The van der Waals surface area contributed by atoms with E-state index in [0.717, 1.165) is 37.2 Å². The van der Waals surface area contributed by atoms with Gasteiger partial charge in [0.2, 0.25) is 5.60 Å². The van der Waals surface area contributed by atoms with E-state index in [1.165, 1.54) is 7.11 Å². The average Bonchev–Trinajstić information content (AvgIpc) is 3.24. The van der Waals surface area contributed by atoms with Crippen LogP contribution in [0.2, 0.25) is 0 Å². The number of carbonyl (C=O) groups excluding carboxylic acids is 1. The van der Waals surface area contributed by atoms with Crippen molar-refractivity contribution in [3.05, 3.63) is 42.0 Å². The smallest absolute Gasteiger partial charge is 0.343 e. The highest BCUT2D eigenvalue weighted by molar-refractivity contribution is 5.88. The zero-order valence-electron chi connectivity index (χ0n) is 15.3. The molecule has 2 bridgehead atoms. The number of ether oxygens (including phenoxy) is 1. The van der Waals surface area contributed by atoms with Crippen LogP contribution in [0.1, 0.15) is 24.8 Å². The van der Waals surface area contributed by atoms with Crippen LogP contribution >= 0.6 is 0 Å². The second-order valence-corrected chi connectivity index (χ2v) is 8.87. The predicted octanol–water partition coefficient (Wildman–Crippen LogP) is 0.792. The number of hydrogen-bond donors (Lipinski definition) is 3. The summed E-state index contributed by atoms with van der Waals surface area (Å²) in [5, 5.41) is 27.0. The van der Waals surface area contributed by atoms with E-state index in [1.54, 1.807) is 0 Å². The van der Waals surface area contributed by atoms with Crippen molar-refractivity contribution in [2.45, 2.75) is 48.0 Å². The molecule has 0 radical (unpaired) electrons. The number of para-hydroxylation sites is 1. The number of methoxy groups -OCH3 is 1. The van der Waals surface area contributed by atoms with Gasteiger partial charge >= 0.3 is 5.97 Å². The van der Waals surface area contributed by atoms with Crippen LogP contribution in [-0.2, 0) is 14.9 Å². The quantitative estimate of drug-likeness (QED) is 0.502. The van der Waals surface area contributed by atoms with Gasteiger partial charge in [0.1, 0.15) is 6.10 Å². The van der Waals surface area contributed by atoms with Crippen LogP contribution in [0.4, 0.5) is 5.69 Å². The molecule has 3 heterocycles. The number of esters is 1. The normalized spacial score (nSPS) is 48.6. The molecule has 0 amide bonds. The van der Waals surface area contributed by atoms with Crippen molar-refractivity contribution < 1.29 is 19.7 Å². The lowest BCUT2D eigenvalue weighted by Gasteiger charge is -2.71. The van der Waals surface area contributed by atoms with E-state index in [-0.39, 0.29) is 6.04 Å². The van der Waals surface area contributed by atoms with Gasteiger partial charge in [-0.2, -0.15) is 0 Å². The molecule has 1 aromatic carbocycles. The number of fused-ring (bicyclic) bond motifs is 3. The fourth-order valence-corrected chi connectivity index (χ4v) is 7.65. The third-order valence-electron chi connectivity index (χ3n) is 8.40. The molecule has 3 saturated carbocycles. The maximum absolute atomic E-state index is 13.0. The SMILES string of the molecule is COC(=O)[C@]1(O)[C@H](O)[C@]23C=CCN4CC[C@@]5(c6ccccc6N[C@]15CC2)[C@@H]43. The summed E-state index contributed by atoms with van der Waals surface area (Å²) in [5.41, 5.74) is -1.95. The number of carbonyl (C=O) groups is 1. The summed E-state index contributed by atoms with van der Waals surface area (Å²) >= 11 is 0. The van der Waals surface area contributed by atoms with Crippen LogP contribution < -0.4 is 5.32 Å². The van der Waals surface area contributed by atoms with Crippen LogP contribution in [0, 0.1) is 5.41 Å². The second-order valence-electron chi connectivity index (χ2n) is 8.87. The Labute approximate surface area is 157 Å². The molecule has 1 saturated heterocycles. The van der Waals surface area contributed by atoms with Crippen molar-refractivity contribution in [1.82, 2.24) is 4.90 Å². The number of nitrogens with one attached hydrogen (secondary N) is 1. The minimum atomic E-state index is -2.01. The molecular formula is C21H24N2O4. The average molecular weight is 368 g/mol. The van der Waals surface area contributed by atoms with Crippen molar-refractivity contribution in [3.63, 3.8) is 0 Å². The molecule has 1 aromatic rings. The molecule has 0 unspecified atom stereocenters. The molecule has 6 heteroatoms. The first-order valence-electron chi connectivity index (χ1n) is 9.76. The minimum absolute atomic E-state index is 0.0554. The summed E-state index contributed by atoms with van der Waals surface area (Å²) in [6.07, 6.45) is 5.12. The molecular weight excluding hydrogens is 344 g/mol. The van der Waals surface area contributed by atoms with Gasteiger partial charge in [-0.25, -0.2) is 4.79 Å². The van der Waals surface area contributed by atoms with Crippen molar-refractivity contribution in [1.29, 1.82) is 0 Å². The fraction of sp³-hybridized carbons (Fsp3) is 0.571. The van der Waals surface area contributed by atoms with Crippen LogP contribution in [0.3, 0.4) is 0 Å². The van der Waals surface area contributed by atoms with Gasteiger partial charge in [0.25, 0.3) is 0 Å². The Morgan fingerprint density at radius 3 is 2.93 bits per heavy atom. The first-order chi connectivity index (χ1) is 13.0. The highest BCUT2D eigenvalue weighted by Crippen LogP contribution is 2.74. The van der Waals surface area contributed by atoms with E-state index in [0.29, 0.717) is 6.42 Å². The number of aliphatic hydroxyl groups is 2. The summed E-state index contributed by atoms with van der Waals surface area (Å²) < 4.78 is 5.07. The molecule has 142 valence electrons. The van der Waals surface area contributed by atoms with Crippen molar-refractivity contribution >= 4 is 11.7 Å². The Morgan fingerprint density at radius 2 is 2.11 bits per heavy atom. The van der Waals surface area contributed by atoms with Crippen LogP contribution in [0.25, 0.3) is 0 Å². The minimum Gasteiger partial charge on any atom is -0.467 e. The second kappa shape index (κ2) is 4.57. The lowest BCUT2D eigenvalue weighted by Crippen LogP contribution is -2.88. The lowest BCUT2D eigenvalue weighted by molar-refractivity contribution is -0.258. The molecule has 3 aliphatic heterocycles. The Bertz CT molecular complexity index is 902. The van der Waals surface area contributed by atoms with Gasteiger partial charge in [-0.1, -0.05) is 30.4 Å². The summed E-state index contributed by atoms with van der Waals surface area (Å²) in [6.45, 7) is 1.73. The lowest BCUT2D eigenvalue weighted by atomic mass is 9.37. The summed E-state index contributed by atoms with van der Waals surface area (Å²) in [4.78, 5) is 15.4. The molecule has 6 nitrogen and oxygen atoms in total. The zero-order valence-corrected chi connectivity index (χ0v) is 15.3. The largest absolute Gasteiger partial charge is 0.467 e. The number of rotatable bonds is 1. The van der Waals surface area contributed by atoms with Gasteiger partial charge in [-0.3, -0.25) is 4.90 Å². The Morgan fingerprint density at radius 1 is 1.30 bits per heavy atom. The molecule has 6 atom stereocenters. The van der Waals surface area contributed by atoms with E-state index < -0.39 is 34.0 Å². The van der Waals surface area contributed by atoms with Crippen molar-refractivity contribution in [2.75, 3.05) is 25.5 Å². The van der Waals surface area contributed by atoms with Crippen molar-refractivity contribution in [2.24, 2.45) is 5.41 Å². The van der Waals surface area contributed by atoms with Gasteiger partial charge in [0, 0.05) is 29.1 Å². The van der Waals surface area contributed by atoms with Gasteiger partial charge in [0.05, 0.1) is 12.6 Å². The number of anilines is 1. The highest BCUT2D eigenvalue weighted by atomic mass is 16.5. The first kappa shape index (κ1) is 16.1. The van der Waals surface area contributed by atoms with Crippen LogP contribution in [0.5, 0.6) is 0 Å². The predicted molar refractivity (Wildman–Crippen MR) is 98.2 cm³/mol. The topological polar surface area (TPSA) is 82.0 Å².